The monoisotopic (exact) mass is 293 g/mol. The summed E-state index contributed by atoms with van der Waals surface area (Å²) in [4.78, 5) is 12.7. The molecule has 1 heterocycles. The van der Waals surface area contributed by atoms with Gasteiger partial charge in [0.2, 0.25) is 0 Å². The van der Waals surface area contributed by atoms with Gasteiger partial charge in [-0.15, -0.1) is 0 Å². The number of nitrogens with zero attached hydrogens (tertiary/aromatic N) is 2. The molecule has 1 aliphatic rings. The maximum Gasteiger partial charge on any atom is 0.270 e. The number of rotatable bonds is 6. The fraction of sp³-hybridized carbons (Fsp3) is 0.600. The molecule has 116 valence electrons. The average Bonchev–Trinajstić information content (AvgIpc) is 2.48. The van der Waals surface area contributed by atoms with Crippen LogP contribution in [0.3, 0.4) is 0 Å². The van der Waals surface area contributed by atoms with Crippen molar-refractivity contribution in [1.82, 2.24) is 10.2 Å². The van der Waals surface area contributed by atoms with Crippen LogP contribution in [0.15, 0.2) is 18.2 Å². The predicted octanol–water partition coefficient (Wildman–Crippen LogP) is 2.18. The van der Waals surface area contributed by atoms with E-state index in [1.807, 2.05) is 7.05 Å². The normalized spacial score (nSPS) is 18.7. The Morgan fingerprint density at radius 2 is 2.29 bits per heavy atom. The molecule has 1 saturated heterocycles. The van der Waals surface area contributed by atoms with Crippen molar-refractivity contribution in [2.45, 2.75) is 31.8 Å². The standard InChI is InChI=1S/C15H23N3O3/c1-17(11-13-5-3-4-8-16-13)10-12-9-14(18(19)20)6-7-15(12)21-2/h6-7,9,13,16H,3-5,8,10-11H2,1-2H3. The maximum absolute atomic E-state index is 10.9. The van der Waals surface area contributed by atoms with Crippen molar-refractivity contribution in [3.8, 4) is 5.75 Å². The molecule has 1 fully saturated rings. The van der Waals surface area contributed by atoms with E-state index in [0.717, 1.165) is 18.7 Å². The van der Waals surface area contributed by atoms with Crippen LogP contribution in [-0.2, 0) is 6.54 Å². The number of ether oxygens (including phenoxy) is 1. The highest BCUT2D eigenvalue weighted by Crippen LogP contribution is 2.25. The number of nitrogens with one attached hydrogen (secondary N) is 1. The summed E-state index contributed by atoms with van der Waals surface area (Å²) in [6, 6.07) is 5.25. The quantitative estimate of drug-likeness (QED) is 0.643. The Balaban J connectivity index is 2.02. The zero-order valence-electron chi connectivity index (χ0n) is 12.7. The molecule has 6 heteroatoms. The lowest BCUT2D eigenvalue weighted by molar-refractivity contribution is -0.384. The SMILES string of the molecule is COc1ccc([N+](=O)[O-])cc1CN(C)CC1CCCCN1. The first-order valence-corrected chi connectivity index (χ1v) is 7.33. The molecule has 1 aliphatic heterocycles. The van der Waals surface area contributed by atoms with Crippen LogP contribution < -0.4 is 10.1 Å². The van der Waals surface area contributed by atoms with Crippen molar-refractivity contribution in [3.63, 3.8) is 0 Å². The molecule has 0 aliphatic carbocycles. The molecular weight excluding hydrogens is 270 g/mol. The fourth-order valence-electron chi connectivity index (χ4n) is 2.81. The van der Waals surface area contributed by atoms with E-state index in [2.05, 4.69) is 10.2 Å². The lowest BCUT2D eigenvalue weighted by Gasteiger charge is -2.28. The van der Waals surface area contributed by atoms with Gasteiger partial charge in [0.05, 0.1) is 12.0 Å². The van der Waals surface area contributed by atoms with Gasteiger partial charge >= 0.3 is 0 Å². The Kier molecular flexibility index (Phi) is 5.52. The Labute approximate surface area is 125 Å². The first-order chi connectivity index (χ1) is 10.1. The highest BCUT2D eigenvalue weighted by molar-refractivity contribution is 5.43. The molecule has 1 N–H and O–H groups in total. The second kappa shape index (κ2) is 7.38. The average molecular weight is 293 g/mol. The molecule has 6 nitrogen and oxygen atoms in total. The van der Waals surface area contributed by atoms with Crippen molar-refractivity contribution < 1.29 is 9.66 Å². The number of methoxy groups -OCH3 is 1. The van der Waals surface area contributed by atoms with Gasteiger partial charge in [-0.2, -0.15) is 0 Å². The van der Waals surface area contributed by atoms with Gasteiger partial charge in [-0.1, -0.05) is 6.42 Å². The Hall–Kier alpha value is -1.66. The minimum absolute atomic E-state index is 0.106. The largest absolute Gasteiger partial charge is 0.496 e. The van der Waals surface area contributed by atoms with Crippen molar-refractivity contribution in [1.29, 1.82) is 0 Å². The molecule has 1 unspecified atom stereocenters. The Morgan fingerprint density at radius 3 is 2.90 bits per heavy atom. The van der Waals surface area contributed by atoms with Gasteiger partial charge in [-0.3, -0.25) is 10.1 Å². The number of piperidine rings is 1. The minimum atomic E-state index is -0.369. The fourth-order valence-corrected chi connectivity index (χ4v) is 2.81. The molecular formula is C15H23N3O3. The maximum atomic E-state index is 10.9. The van der Waals surface area contributed by atoms with Gasteiger partial charge in [0.15, 0.2) is 0 Å². The van der Waals surface area contributed by atoms with Gasteiger partial charge in [0.1, 0.15) is 5.75 Å². The number of hydrogen-bond donors (Lipinski definition) is 1. The second-order valence-electron chi connectivity index (χ2n) is 5.60. The first kappa shape index (κ1) is 15.7. The first-order valence-electron chi connectivity index (χ1n) is 7.33. The number of non-ortho nitro benzene ring substituents is 1. The lowest BCUT2D eigenvalue weighted by atomic mass is 10.0. The zero-order chi connectivity index (χ0) is 15.2. The van der Waals surface area contributed by atoms with E-state index in [0.29, 0.717) is 18.3 Å². The number of nitro benzene ring substituents is 1. The molecule has 0 spiro atoms. The van der Waals surface area contributed by atoms with Crippen molar-refractivity contribution >= 4 is 5.69 Å². The number of hydrogen-bond acceptors (Lipinski definition) is 5. The third-order valence-electron chi connectivity index (χ3n) is 3.86. The molecule has 0 bridgehead atoms. The van der Waals surface area contributed by atoms with Crippen molar-refractivity contribution in [3.05, 3.63) is 33.9 Å². The smallest absolute Gasteiger partial charge is 0.270 e. The molecule has 0 aromatic heterocycles. The molecule has 0 saturated carbocycles. The van der Waals surface area contributed by atoms with Crippen molar-refractivity contribution in [2.75, 3.05) is 27.2 Å². The molecule has 1 aromatic rings. The number of likely N-dealkylation sites (N-methyl/N-ethyl adjacent to an activating group) is 1. The highest BCUT2D eigenvalue weighted by Gasteiger charge is 2.17. The summed E-state index contributed by atoms with van der Waals surface area (Å²) >= 11 is 0. The Bertz CT molecular complexity index is 487. The number of nitro groups is 1. The van der Waals surface area contributed by atoms with Gasteiger partial charge in [0, 0.05) is 36.8 Å². The highest BCUT2D eigenvalue weighted by atomic mass is 16.6. The van der Waals surface area contributed by atoms with E-state index in [4.69, 9.17) is 4.74 Å². The van der Waals surface area contributed by atoms with Gasteiger partial charge < -0.3 is 15.0 Å². The van der Waals surface area contributed by atoms with Crippen molar-refractivity contribution in [2.24, 2.45) is 0 Å². The molecule has 0 radical (unpaired) electrons. The summed E-state index contributed by atoms with van der Waals surface area (Å²) in [5.41, 5.74) is 0.958. The van der Waals surface area contributed by atoms with E-state index in [-0.39, 0.29) is 10.6 Å². The second-order valence-corrected chi connectivity index (χ2v) is 5.60. The van der Waals surface area contributed by atoms with Crippen LogP contribution in [0.2, 0.25) is 0 Å². The predicted molar refractivity (Wildman–Crippen MR) is 81.6 cm³/mol. The Morgan fingerprint density at radius 1 is 1.48 bits per heavy atom. The molecule has 0 amide bonds. The van der Waals surface area contributed by atoms with Crippen LogP contribution in [0.5, 0.6) is 5.75 Å². The number of benzene rings is 1. The third kappa shape index (κ3) is 4.41. The molecule has 21 heavy (non-hydrogen) atoms. The summed E-state index contributed by atoms with van der Waals surface area (Å²) in [7, 11) is 3.63. The topological polar surface area (TPSA) is 67.6 Å². The van der Waals surface area contributed by atoms with Crippen LogP contribution in [0.4, 0.5) is 5.69 Å². The van der Waals surface area contributed by atoms with E-state index < -0.39 is 0 Å². The summed E-state index contributed by atoms with van der Waals surface area (Å²) < 4.78 is 5.31. The molecule has 1 aromatic carbocycles. The van der Waals surface area contributed by atoms with Gasteiger partial charge in [0.25, 0.3) is 5.69 Å². The van der Waals surface area contributed by atoms with E-state index in [1.165, 1.54) is 25.3 Å². The van der Waals surface area contributed by atoms with E-state index in [9.17, 15) is 10.1 Å². The summed E-state index contributed by atoms with van der Waals surface area (Å²) in [6.45, 7) is 2.66. The lowest BCUT2D eigenvalue weighted by Crippen LogP contribution is -2.42. The van der Waals surface area contributed by atoms with Gasteiger partial charge in [-0.05, 0) is 32.5 Å². The molecule has 1 atom stereocenters. The molecule has 2 rings (SSSR count). The van der Waals surface area contributed by atoms with Crippen LogP contribution in [0, 0.1) is 10.1 Å². The summed E-state index contributed by atoms with van der Waals surface area (Å²) in [5.74, 6) is 0.698. The van der Waals surface area contributed by atoms with Crippen LogP contribution >= 0.6 is 0 Å². The van der Waals surface area contributed by atoms with Crippen LogP contribution in [-0.4, -0.2) is 43.1 Å². The zero-order valence-corrected chi connectivity index (χ0v) is 12.7. The third-order valence-corrected chi connectivity index (χ3v) is 3.86. The van der Waals surface area contributed by atoms with E-state index >= 15 is 0 Å². The summed E-state index contributed by atoms with van der Waals surface area (Å²) in [6.07, 6.45) is 3.71. The van der Waals surface area contributed by atoms with E-state index in [1.54, 1.807) is 19.2 Å². The van der Waals surface area contributed by atoms with Crippen LogP contribution in [0.1, 0.15) is 24.8 Å². The van der Waals surface area contributed by atoms with Crippen LogP contribution in [0.25, 0.3) is 0 Å². The minimum Gasteiger partial charge on any atom is -0.496 e. The van der Waals surface area contributed by atoms with Gasteiger partial charge in [-0.25, -0.2) is 0 Å². The summed E-state index contributed by atoms with van der Waals surface area (Å²) in [5, 5.41) is 14.4.